The summed E-state index contributed by atoms with van der Waals surface area (Å²) in [4.78, 5) is 23.0. The third kappa shape index (κ3) is 3.09. The van der Waals surface area contributed by atoms with Gasteiger partial charge in [-0.05, 0) is 18.4 Å². The van der Waals surface area contributed by atoms with E-state index < -0.39 is 17.9 Å². The lowest BCUT2D eigenvalue weighted by molar-refractivity contribution is -0.140. The van der Waals surface area contributed by atoms with Crippen LogP contribution in [-0.4, -0.2) is 32.8 Å². The highest BCUT2D eigenvalue weighted by atomic mass is 16.4. The Hall–Kier alpha value is -1.85. The molecule has 1 aromatic heterocycles. The Balaban J connectivity index is 2.87. The molecule has 0 aliphatic rings. The van der Waals surface area contributed by atoms with Crippen molar-refractivity contribution in [3.63, 3.8) is 0 Å². The van der Waals surface area contributed by atoms with E-state index >= 15 is 0 Å². The van der Waals surface area contributed by atoms with Crippen LogP contribution in [0.4, 0.5) is 0 Å². The number of nitrogens with one attached hydrogen (secondary N) is 1. The van der Waals surface area contributed by atoms with Gasteiger partial charge in [0.25, 0.3) is 5.91 Å². The molecule has 18 heavy (non-hydrogen) atoms. The van der Waals surface area contributed by atoms with Crippen LogP contribution in [0, 0.1) is 5.92 Å². The van der Waals surface area contributed by atoms with Crippen molar-refractivity contribution in [1.82, 2.24) is 15.1 Å². The van der Waals surface area contributed by atoms with E-state index in [1.54, 1.807) is 27.0 Å². The summed E-state index contributed by atoms with van der Waals surface area (Å²) in [6, 6.07) is 0.784. The number of carbonyl (C=O) groups excluding carboxylic acids is 1. The Morgan fingerprint density at radius 3 is 2.50 bits per heavy atom. The molecule has 1 rings (SSSR count). The largest absolute Gasteiger partial charge is 0.480 e. The predicted molar refractivity (Wildman–Crippen MR) is 66.3 cm³/mol. The van der Waals surface area contributed by atoms with E-state index in [-0.39, 0.29) is 5.92 Å². The minimum absolute atomic E-state index is 0.176. The Kier molecular flexibility index (Phi) is 4.47. The first-order chi connectivity index (χ1) is 8.36. The van der Waals surface area contributed by atoms with Gasteiger partial charge in [0.15, 0.2) is 0 Å². The van der Waals surface area contributed by atoms with Gasteiger partial charge < -0.3 is 10.4 Å². The number of amides is 1. The highest BCUT2D eigenvalue weighted by molar-refractivity contribution is 5.95. The number of nitrogens with zero attached hydrogens (tertiary/aromatic N) is 2. The van der Waals surface area contributed by atoms with Crippen LogP contribution in [-0.2, 0) is 18.3 Å². The maximum Gasteiger partial charge on any atom is 0.326 e. The molecule has 6 nitrogen and oxygen atoms in total. The van der Waals surface area contributed by atoms with Crippen LogP contribution in [0.25, 0.3) is 0 Å². The molecule has 1 aromatic rings. The summed E-state index contributed by atoms with van der Waals surface area (Å²) in [5.74, 6) is -1.62. The fourth-order valence-corrected chi connectivity index (χ4v) is 1.64. The first-order valence-electron chi connectivity index (χ1n) is 5.93. The van der Waals surface area contributed by atoms with Crippen molar-refractivity contribution in [2.45, 2.75) is 33.2 Å². The van der Waals surface area contributed by atoms with Gasteiger partial charge in [-0.15, -0.1) is 0 Å². The van der Waals surface area contributed by atoms with E-state index in [4.69, 9.17) is 5.11 Å². The summed E-state index contributed by atoms with van der Waals surface area (Å²) in [5, 5.41) is 15.7. The van der Waals surface area contributed by atoms with Crippen molar-refractivity contribution >= 4 is 11.9 Å². The highest BCUT2D eigenvalue weighted by Gasteiger charge is 2.25. The standard InChI is InChI=1S/C12H19N3O3/c1-5-8-6-9(15(4)14-8)11(16)13-10(7(2)3)12(17)18/h6-7,10H,5H2,1-4H3,(H,13,16)(H,17,18). The van der Waals surface area contributed by atoms with E-state index in [1.165, 1.54) is 4.68 Å². The van der Waals surface area contributed by atoms with E-state index in [0.717, 1.165) is 12.1 Å². The lowest BCUT2D eigenvalue weighted by Crippen LogP contribution is -2.44. The molecule has 0 aliphatic heterocycles. The normalized spacial score (nSPS) is 12.5. The second kappa shape index (κ2) is 5.66. The minimum Gasteiger partial charge on any atom is -0.480 e. The number of rotatable bonds is 5. The number of hydrogen-bond acceptors (Lipinski definition) is 3. The fourth-order valence-electron chi connectivity index (χ4n) is 1.64. The number of carboxylic acid groups (broad SMARTS) is 1. The molecule has 1 amide bonds. The number of aliphatic carboxylic acids is 1. The average molecular weight is 253 g/mol. The SMILES string of the molecule is CCc1cc(C(=O)NC(C(=O)O)C(C)C)n(C)n1. The van der Waals surface area contributed by atoms with Gasteiger partial charge in [0.1, 0.15) is 11.7 Å². The van der Waals surface area contributed by atoms with Crippen molar-refractivity contribution in [2.75, 3.05) is 0 Å². The minimum atomic E-state index is -1.03. The molecule has 1 atom stereocenters. The van der Waals surface area contributed by atoms with Crippen molar-refractivity contribution in [3.8, 4) is 0 Å². The molecule has 0 saturated heterocycles. The second-order valence-electron chi connectivity index (χ2n) is 4.53. The molecule has 0 aliphatic carbocycles. The monoisotopic (exact) mass is 253 g/mol. The number of carbonyl (C=O) groups is 2. The molecule has 0 fully saturated rings. The van der Waals surface area contributed by atoms with Gasteiger partial charge in [-0.2, -0.15) is 5.10 Å². The van der Waals surface area contributed by atoms with E-state index in [2.05, 4.69) is 10.4 Å². The van der Waals surface area contributed by atoms with Crippen molar-refractivity contribution in [1.29, 1.82) is 0 Å². The van der Waals surface area contributed by atoms with Crippen LogP contribution >= 0.6 is 0 Å². The van der Waals surface area contributed by atoms with E-state index in [9.17, 15) is 9.59 Å². The maximum atomic E-state index is 12.0. The molecule has 1 unspecified atom stereocenters. The summed E-state index contributed by atoms with van der Waals surface area (Å²) >= 11 is 0. The predicted octanol–water partition coefficient (Wildman–Crippen LogP) is 0.821. The molecule has 0 radical (unpaired) electrons. The van der Waals surface area contributed by atoms with Gasteiger partial charge in [0, 0.05) is 7.05 Å². The Labute approximate surface area is 106 Å². The number of hydrogen-bond donors (Lipinski definition) is 2. The lowest BCUT2D eigenvalue weighted by Gasteiger charge is -2.17. The van der Waals surface area contributed by atoms with Gasteiger partial charge in [0.2, 0.25) is 0 Å². The Morgan fingerprint density at radius 1 is 1.50 bits per heavy atom. The van der Waals surface area contributed by atoms with Gasteiger partial charge in [-0.1, -0.05) is 20.8 Å². The Bertz CT molecular complexity index is 451. The summed E-state index contributed by atoms with van der Waals surface area (Å²) in [6.45, 7) is 5.44. The molecular weight excluding hydrogens is 234 g/mol. The number of aromatic nitrogens is 2. The summed E-state index contributed by atoms with van der Waals surface area (Å²) in [6.07, 6.45) is 0.730. The van der Waals surface area contributed by atoms with Gasteiger partial charge in [-0.25, -0.2) is 4.79 Å². The van der Waals surface area contributed by atoms with Gasteiger partial charge in [0.05, 0.1) is 5.69 Å². The van der Waals surface area contributed by atoms with Crippen LogP contribution in [0.2, 0.25) is 0 Å². The topological polar surface area (TPSA) is 84.2 Å². The molecule has 0 aromatic carbocycles. The van der Waals surface area contributed by atoms with Crippen molar-refractivity contribution in [3.05, 3.63) is 17.5 Å². The van der Waals surface area contributed by atoms with E-state index in [0.29, 0.717) is 5.69 Å². The van der Waals surface area contributed by atoms with E-state index in [1.807, 2.05) is 6.92 Å². The third-order valence-electron chi connectivity index (χ3n) is 2.74. The molecule has 0 spiro atoms. The second-order valence-corrected chi connectivity index (χ2v) is 4.53. The van der Waals surface area contributed by atoms with Crippen molar-refractivity contribution < 1.29 is 14.7 Å². The van der Waals surface area contributed by atoms with Gasteiger partial charge >= 0.3 is 5.97 Å². The molecule has 100 valence electrons. The molecular formula is C12H19N3O3. The smallest absolute Gasteiger partial charge is 0.326 e. The summed E-state index contributed by atoms with van der Waals surface area (Å²) in [5.41, 5.74) is 1.18. The zero-order valence-corrected chi connectivity index (χ0v) is 11.1. The van der Waals surface area contributed by atoms with Gasteiger partial charge in [-0.3, -0.25) is 9.48 Å². The fraction of sp³-hybridized carbons (Fsp3) is 0.583. The average Bonchev–Trinajstić information content (AvgIpc) is 2.66. The summed E-state index contributed by atoms with van der Waals surface area (Å²) < 4.78 is 1.47. The molecule has 1 heterocycles. The van der Waals surface area contributed by atoms with Crippen molar-refractivity contribution in [2.24, 2.45) is 13.0 Å². The molecule has 2 N–H and O–H groups in total. The van der Waals surface area contributed by atoms with Crippen LogP contribution in [0.15, 0.2) is 6.07 Å². The van der Waals surface area contributed by atoms with Crippen LogP contribution < -0.4 is 5.32 Å². The number of aryl methyl sites for hydroxylation is 2. The maximum absolute atomic E-state index is 12.0. The lowest BCUT2D eigenvalue weighted by atomic mass is 10.0. The highest BCUT2D eigenvalue weighted by Crippen LogP contribution is 2.07. The first kappa shape index (κ1) is 14.2. The van der Waals surface area contributed by atoms with Crippen LogP contribution in [0.5, 0.6) is 0 Å². The third-order valence-corrected chi connectivity index (χ3v) is 2.74. The van der Waals surface area contributed by atoms with Crippen LogP contribution in [0.3, 0.4) is 0 Å². The zero-order valence-electron chi connectivity index (χ0n) is 11.1. The summed E-state index contributed by atoms with van der Waals surface area (Å²) in [7, 11) is 1.67. The number of carboxylic acids is 1. The zero-order chi connectivity index (χ0) is 13.9. The Morgan fingerprint density at radius 2 is 2.11 bits per heavy atom. The quantitative estimate of drug-likeness (QED) is 0.813. The molecule has 6 heteroatoms. The molecule has 0 bridgehead atoms. The first-order valence-corrected chi connectivity index (χ1v) is 5.93. The molecule has 0 saturated carbocycles. The van der Waals surface area contributed by atoms with Crippen LogP contribution in [0.1, 0.15) is 37.0 Å².